The van der Waals surface area contributed by atoms with Gasteiger partial charge in [0.25, 0.3) is 0 Å². The minimum atomic E-state index is -0.655. The molecule has 8 nitrogen and oxygen atoms in total. The van der Waals surface area contributed by atoms with Crippen molar-refractivity contribution < 1.29 is 33.3 Å². The van der Waals surface area contributed by atoms with Crippen molar-refractivity contribution in [3.8, 4) is 0 Å². The van der Waals surface area contributed by atoms with Crippen molar-refractivity contribution in [3.05, 3.63) is 88.3 Å². The molecule has 2 saturated carbocycles. The molecule has 2 aromatic carbocycles. The van der Waals surface area contributed by atoms with E-state index in [4.69, 9.17) is 16.7 Å². The van der Waals surface area contributed by atoms with Gasteiger partial charge in [-0.15, -0.1) is 0 Å². The molecule has 5 rings (SSSR count). The highest BCUT2D eigenvalue weighted by molar-refractivity contribution is 7.80. The van der Waals surface area contributed by atoms with Gasteiger partial charge < -0.3 is 4.52 Å². The molecule has 0 N–H and O–H groups in total. The molecule has 402 valence electrons. The topological polar surface area (TPSA) is 128 Å². The quantitative estimate of drug-likeness (QED) is 0.0756. The molecule has 0 atom stereocenters. The standard InChI is InChI=1S/C18H24O2.C16H22OS.C11H17NO2.C9H16O.C9H18O/c1-13-5-7-14(8-6-13)11-15(19)18(9-10-18)16(20)12-17(2,3)4;1-12-5-7-13(8-6-12)9-14(17)10-15(18)11-16(2,3)4;1-8-5-9(12-14-8)6-10(13)7-11(2,3)4;1-7(2)5-9(10)6-8-3-4-8;1-7(2)5-9(10)6-8(3)4/h5-8H,9-12H2,1-4H3;5-8H,9-11H2,1-4H3;5H,6-7H2,1-4H3;7-8H,3-6H2,1-2H3;7-8H,5-6H2,1-4H3. The minimum Gasteiger partial charge on any atom is -0.361 e. The van der Waals surface area contributed by atoms with Crippen LogP contribution in [0.25, 0.3) is 0 Å². The second-order valence-electron chi connectivity index (χ2n) is 25.9. The van der Waals surface area contributed by atoms with E-state index in [-0.39, 0.29) is 39.4 Å². The molecular weight excluding hydrogens is 915 g/mol. The van der Waals surface area contributed by atoms with Gasteiger partial charge in [-0.05, 0) is 104 Å². The number of aryl methyl sites for hydroxylation is 3. The smallest absolute Gasteiger partial charge is 0.150 e. The van der Waals surface area contributed by atoms with E-state index >= 15 is 0 Å². The maximum atomic E-state index is 12.5. The Hall–Kier alpha value is -4.24. The number of hydrogen-bond donors (Lipinski definition) is 0. The molecule has 72 heavy (non-hydrogen) atoms. The average molecular weight is 1010 g/mol. The van der Waals surface area contributed by atoms with Crippen LogP contribution < -0.4 is 0 Å². The largest absolute Gasteiger partial charge is 0.361 e. The zero-order chi connectivity index (χ0) is 55.2. The molecule has 0 saturated heterocycles. The summed E-state index contributed by atoms with van der Waals surface area (Å²) < 4.78 is 4.89. The molecule has 1 heterocycles. The average Bonchev–Trinajstić information content (AvgIpc) is 4.13. The van der Waals surface area contributed by atoms with Crippen LogP contribution in [0, 0.1) is 66.1 Å². The Kier molecular flexibility index (Phi) is 28.2. The fourth-order valence-electron chi connectivity index (χ4n) is 7.95. The molecule has 0 bridgehead atoms. The summed E-state index contributed by atoms with van der Waals surface area (Å²) in [4.78, 5) is 71.4. The summed E-state index contributed by atoms with van der Waals surface area (Å²) in [5.74, 6) is 4.66. The zero-order valence-corrected chi connectivity index (χ0v) is 49.1. The van der Waals surface area contributed by atoms with E-state index in [2.05, 4.69) is 88.2 Å². The predicted molar refractivity (Wildman–Crippen MR) is 302 cm³/mol. The molecule has 3 aromatic rings. The number of benzene rings is 2. The molecule has 2 fully saturated rings. The summed E-state index contributed by atoms with van der Waals surface area (Å²) >= 11 is 5.29. The van der Waals surface area contributed by atoms with Crippen LogP contribution in [0.15, 0.2) is 59.1 Å². The molecule has 1 aromatic heterocycles. The van der Waals surface area contributed by atoms with Gasteiger partial charge in [-0.25, -0.2) is 0 Å². The summed E-state index contributed by atoms with van der Waals surface area (Å²) in [7, 11) is 0. The Balaban J connectivity index is 0.000000463. The summed E-state index contributed by atoms with van der Waals surface area (Å²) in [6.45, 7) is 37.2. The highest BCUT2D eigenvalue weighted by atomic mass is 32.1. The van der Waals surface area contributed by atoms with E-state index in [1.165, 1.54) is 24.0 Å². The number of thiocarbonyl (C=S) groups is 1. The van der Waals surface area contributed by atoms with Crippen molar-refractivity contribution in [2.75, 3.05) is 0 Å². The second kappa shape index (κ2) is 30.8. The first-order valence-electron chi connectivity index (χ1n) is 26.7. The van der Waals surface area contributed by atoms with E-state index in [0.29, 0.717) is 67.8 Å². The Labute approximate surface area is 442 Å². The van der Waals surface area contributed by atoms with E-state index in [0.717, 1.165) is 78.3 Å². The number of Topliss-reactive ketones (excluding diaryl/α,β-unsaturated/α-hetero) is 6. The van der Waals surface area contributed by atoms with Gasteiger partial charge in [0.2, 0.25) is 0 Å². The van der Waals surface area contributed by atoms with Crippen molar-refractivity contribution in [2.24, 2.45) is 45.3 Å². The summed E-state index contributed by atoms with van der Waals surface area (Å²) in [6, 6.07) is 17.9. The molecule has 0 unspecified atom stereocenters. The fraction of sp³-hybridized carbons (Fsp3) is 0.651. The van der Waals surface area contributed by atoms with Gasteiger partial charge in [0.15, 0.2) is 5.78 Å². The van der Waals surface area contributed by atoms with Crippen molar-refractivity contribution in [3.63, 3.8) is 0 Å². The number of carbonyl (C=O) groups is 6. The molecular formula is C63H97NO7S. The Morgan fingerprint density at radius 3 is 1.38 bits per heavy atom. The van der Waals surface area contributed by atoms with Gasteiger partial charge in [0, 0.05) is 68.7 Å². The molecule has 2 aliphatic carbocycles. The van der Waals surface area contributed by atoms with Gasteiger partial charge in [0.1, 0.15) is 34.7 Å². The highest BCUT2D eigenvalue weighted by Crippen LogP contribution is 2.50. The van der Waals surface area contributed by atoms with E-state index in [1.54, 1.807) is 6.07 Å². The second-order valence-corrected chi connectivity index (χ2v) is 26.5. The molecule has 0 spiro atoms. The molecule has 9 heteroatoms. The van der Waals surface area contributed by atoms with Crippen LogP contribution in [0.1, 0.15) is 215 Å². The third kappa shape index (κ3) is 32.8. The highest BCUT2D eigenvalue weighted by Gasteiger charge is 2.55. The van der Waals surface area contributed by atoms with Crippen LogP contribution >= 0.6 is 12.2 Å². The monoisotopic (exact) mass is 1010 g/mol. The normalized spacial score (nSPS) is 13.8. The van der Waals surface area contributed by atoms with Gasteiger partial charge in [-0.1, -0.05) is 181 Å². The number of rotatable bonds is 21. The first-order chi connectivity index (χ1) is 33.1. The maximum absolute atomic E-state index is 12.5. The van der Waals surface area contributed by atoms with Crippen molar-refractivity contribution in [1.82, 2.24) is 5.16 Å². The molecule has 0 aliphatic heterocycles. The summed E-state index contributed by atoms with van der Waals surface area (Å²) in [5.41, 5.74) is 4.74. The minimum absolute atomic E-state index is 0.0448. The van der Waals surface area contributed by atoms with Crippen LogP contribution in [-0.2, 0) is 48.0 Å². The van der Waals surface area contributed by atoms with E-state index in [1.807, 2.05) is 90.1 Å². The van der Waals surface area contributed by atoms with Gasteiger partial charge >= 0.3 is 0 Å². The lowest BCUT2D eigenvalue weighted by molar-refractivity contribution is -0.135. The lowest BCUT2D eigenvalue weighted by Gasteiger charge is -2.21. The van der Waals surface area contributed by atoms with E-state index < -0.39 is 5.41 Å². The van der Waals surface area contributed by atoms with Crippen LogP contribution in [0.2, 0.25) is 0 Å². The molecule has 2 aliphatic rings. The number of hydrogen-bond acceptors (Lipinski definition) is 9. The number of aromatic nitrogens is 1. The van der Waals surface area contributed by atoms with Crippen LogP contribution in [0.3, 0.4) is 0 Å². The van der Waals surface area contributed by atoms with E-state index in [9.17, 15) is 28.8 Å². The van der Waals surface area contributed by atoms with Crippen molar-refractivity contribution in [1.29, 1.82) is 0 Å². The third-order valence-electron chi connectivity index (χ3n) is 11.5. The molecule has 0 radical (unpaired) electrons. The van der Waals surface area contributed by atoms with Crippen LogP contribution in [-0.4, -0.2) is 44.7 Å². The summed E-state index contributed by atoms with van der Waals surface area (Å²) in [6.07, 6.45) is 10.8. The molecule has 0 amide bonds. The number of carbonyl (C=O) groups excluding carboxylic acids is 6. The zero-order valence-electron chi connectivity index (χ0n) is 48.3. The lowest BCUT2D eigenvalue weighted by atomic mass is 9.81. The van der Waals surface area contributed by atoms with Gasteiger partial charge in [0.05, 0.1) is 17.5 Å². The number of nitrogens with zero attached hydrogens (tertiary/aromatic N) is 1. The number of ketones is 6. The lowest BCUT2D eigenvalue weighted by Crippen LogP contribution is -2.30. The summed E-state index contributed by atoms with van der Waals surface area (Å²) in [5, 5.41) is 3.79. The first-order valence-corrected chi connectivity index (χ1v) is 27.2. The van der Waals surface area contributed by atoms with Crippen molar-refractivity contribution >= 4 is 51.8 Å². The first kappa shape index (κ1) is 65.8. The Morgan fingerprint density at radius 2 is 1.00 bits per heavy atom. The van der Waals surface area contributed by atoms with Gasteiger partial charge in [-0.3, -0.25) is 28.8 Å². The van der Waals surface area contributed by atoms with Crippen LogP contribution in [0.5, 0.6) is 0 Å². The Morgan fingerprint density at radius 1 is 0.569 bits per heavy atom. The van der Waals surface area contributed by atoms with Gasteiger partial charge in [-0.2, -0.15) is 0 Å². The SMILES string of the molecule is CC(C)CC(=O)CC(C)C.CC(C)CC(=O)CC1CC1.Cc1cc(CC(=O)CC(C)(C)C)no1.Cc1ccc(CC(=O)C2(C(=O)CC(C)(C)C)CC2)cc1.Cc1ccc(CC(=O)CC(=S)CC(C)(C)C)cc1. The Bertz CT molecular complexity index is 2120. The van der Waals surface area contributed by atoms with Crippen molar-refractivity contribution in [2.45, 2.75) is 221 Å². The predicted octanol–water partition coefficient (Wildman–Crippen LogP) is 15.8. The maximum Gasteiger partial charge on any atom is 0.150 e. The van der Waals surface area contributed by atoms with Crippen LogP contribution in [0.4, 0.5) is 0 Å². The third-order valence-corrected chi connectivity index (χ3v) is 11.8. The fourth-order valence-corrected chi connectivity index (χ4v) is 8.55.